The summed E-state index contributed by atoms with van der Waals surface area (Å²) < 4.78 is 40.0. The first-order chi connectivity index (χ1) is 18.4. The summed E-state index contributed by atoms with van der Waals surface area (Å²) in [4.78, 5) is 54.6. The van der Waals surface area contributed by atoms with Crippen LogP contribution in [0.1, 0.15) is 11.1 Å². The molecule has 0 aliphatic carbocycles. The van der Waals surface area contributed by atoms with Gasteiger partial charge < -0.3 is 37.9 Å². The van der Waals surface area contributed by atoms with Gasteiger partial charge in [-0.15, -0.1) is 0 Å². The molecule has 0 atom stereocenters. The molecule has 0 aliphatic rings. The first-order valence-electron chi connectivity index (χ1n) is 11.9. The van der Waals surface area contributed by atoms with Gasteiger partial charge in [-0.2, -0.15) is 0 Å². The van der Waals surface area contributed by atoms with Gasteiger partial charge >= 0.3 is 23.9 Å². The molecule has 0 bridgehead atoms. The molecule has 1 aromatic rings. The second-order valence-electron chi connectivity index (χ2n) is 7.86. The molecule has 1 rings (SSSR count). The zero-order valence-corrected chi connectivity index (χ0v) is 22.3. The van der Waals surface area contributed by atoms with Crippen molar-refractivity contribution in [1.29, 1.82) is 0 Å². The summed E-state index contributed by atoms with van der Waals surface area (Å²) in [5.41, 5.74) is 0.971. The summed E-state index contributed by atoms with van der Waals surface area (Å²) in [7, 11) is 5.82. The molecule has 0 unspecified atom stereocenters. The van der Waals surface area contributed by atoms with Crippen molar-refractivity contribution in [1.82, 2.24) is 4.98 Å². The minimum atomic E-state index is -1.27. The molecule has 0 saturated heterocycles. The van der Waals surface area contributed by atoms with Crippen LogP contribution in [0.25, 0.3) is 0 Å². The number of carbonyl (C=O) groups excluding carboxylic acids is 4. The van der Waals surface area contributed by atoms with Crippen molar-refractivity contribution < 1.29 is 57.1 Å². The Labute approximate surface area is 222 Å². The van der Waals surface area contributed by atoms with Gasteiger partial charge in [-0.3, -0.25) is 24.2 Å². The zero-order chi connectivity index (χ0) is 28.2. The number of aromatic nitrogens is 1. The van der Waals surface area contributed by atoms with Crippen LogP contribution < -0.4 is 0 Å². The second-order valence-corrected chi connectivity index (χ2v) is 7.86. The van der Waals surface area contributed by atoms with Crippen molar-refractivity contribution >= 4 is 23.9 Å². The van der Waals surface area contributed by atoms with Gasteiger partial charge in [0.25, 0.3) is 0 Å². The maximum atomic E-state index is 12.6. The molecule has 0 amide bonds. The van der Waals surface area contributed by atoms with Crippen LogP contribution in [0.3, 0.4) is 0 Å². The number of pyridine rings is 1. The Morgan fingerprint density at radius 3 is 1.11 bits per heavy atom. The molecule has 13 heteroatoms. The molecule has 13 nitrogen and oxygen atoms in total. The quantitative estimate of drug-likeness (QED) is 0.0949. The lowest BCUT2D eigenvalue weighted by atomic mass is 9.96. The van der Waals surface area contributed by atoms with Crippen molar-refractivity contribution in [2.75, 3.05) is 81.3 Å². The van der Waals surface area contributed by atoms with Crippen LogP contribution >= 0.6 is 0 Å². The van der Waals surface area contributed by atoms with Crippen molar-refractivity contribution in [3.63, 3.8) is 0 Å². The smallest absolute Gasteiger partial charge is 0.320 e. The Hall–Kier alpha value is -3.13. The number of hydrogen-bond donors (Lipinski definition) is 0. The van der Waals surface area contributed by atoms with E-state index in [0.29, 0.717) is 11.1 Å². The van der Waals surface area contributed by atoms with Crippen LogP contribution in [0.2, 0.25) is 0 Å². The SMILES string of the molecule is COCCOC(=O)C(Cc1cncc(CC(C(=O)OCCOC)C(=O)OCCOC)c1)C(=O)OCCOC. The van der Waals surface area contributed by atoms with Crippen molar-refractivity contribution in [3.05, 3.63) is 29.6 Å². The number of ether oxygens (including phenoxy) is 8. The van der Waals surface area contributed by atoms with E-state index in [2.05, 4.69) is 4.98 Å². The van der Waals surface area contributed by atoms with Crippen LogP contribution in [-0.2, 0) is 69.9 Å². The lowest BCUT2D eigenvalue weighted by Crippen LogP contribution is -2.32. The fraction of sp³-hybridized carbons (Fsp3) is 0.640. The normalized spacial score (nSPS) is 10.9. The number of rotatable bonds is 20. The fourth-order valence-corrected chi connectivity index (χ4v) is 3.07. The average molecular weight is 544 g/mol. The maximum absolute atomic E-state index is 12.6. The van der Waals surface area contributed by atoms with Gasteiger partial charge in [0.05, 0.1) is 26.4 Å². The van der Waals surface area contributed by atoms with E-state index in [0.717, 1.165) is 0 Å². The summed E-state index contributed by atoms with van der Waals surface area (Å²) in [5.74, 6) is -5.66. The summed E-state index contributed by atoms with van der Waals surface area (Å²) in [6.07, 6.45) is 2.76. The Kier molecular flexibility index (Phi) is 17.2. The molecular formula is C25H37NO12. The van der Waals surface area contributed by atoms with Crippen LogP contribution in [0, 0.1) is 11.8 Å². The van der Waals surface area contributed by atoms with Crippen LogP contribution in [0.4, 0.5) is 0 Å². The van der Waals surface area contributed by atoms with E-state index in [1.165, 1.54) is 40.8 Å². The van der Waals surface area contributed by atoms with Crippen LogP contribution in [0.5, 0.6) is 0 Å². The fourth-order valence-electron chi connectivity index (χ4n) is 3.07. The Morgan fingerprint density at radius 1 is 0.553 bits per heavy atom. The van der Waals surface area contributed by atoms with E-state index in [9.17, 15) is 19.2 Å². The third-order valence-electron chi connectivity index (χ3n) is 5.00. The Balaban J connectivity index is 3.05. The predicted octanol–water partition coefficient (Wildman–Crippen LogP) is 0.157. The monoisotopic (exact) mass is 543 g/mol. The van der Waals surface area contributed by atoms with Gasteiger partial charge in [-0.1, -0.05) is 6.07 Å². The lowest BCUT2D eigenvalue weighted by Gasteiger charge is -2.17. The van der Waals surface area contributed by atoms with Gasteiger partial charge in [0, 0.05) is 40.8 Å². The average Bonchev–Trinajstić information content (AvgIpc) is 2.90. The zero-order valence-electron chi connectivity index (χ0n) is 22.3. The highest BCUT2D eigenvalue weighted by Crippen LogP contribution is 2.17. The standard InChI is InChI=1S/C25H37NO12/c1-31-5-9-35-22(27)20(23(28)36-10-6-32-2)14-18-13-19(17-26-16-18)15-21(24(29)37-11-7-33-3)25(30)38-12-8-34-4/h13,16-17,20-21H,5-12,14-15H2,1-4H3. The molecule has 0 fully saturated rings. The molecule has 38 heavy (non-hydrogen) atoms. The molecular weight excluding hydrogens is 506 g/mol. The predicted molar refractivity (Wildman–Crippen MR) is 130 cm³/mol. The highest BCUT2D eigenvalue weighted by atomic mass is 16.6. The van der Waals surface area contributed by atoms with E-state index >= 15 is 0 Å². The van der Waals surface area contributed by atoms with Crippen molar-refractivity contribution in [2.45, 2.75) is 12.8 Å². The summed E-state index contributed by atoms with van der Waals surface area (Å²) >= 11 is 0. The van der Waals surface area contributed by atoms with Crippen LogP contribution in [-0.4, -0.2) is 110 Å². The lowest BCUT2D eigenvalue weighted by molar-refractivity contribution is -0.165. The molecule has 0 N–H and O–H groups in total. The number of nitrogens with zero attached hydrogens (tertiary/aromatic N) is 1. The maximum Gasteiger partial charge on any atom is 0.320 e. The molecule has 0 radical (unpaired) electrons. The summed E-state index contributed by atoms with van der Waals surface area (Å²) in [6, 6.07) is 1.63. The van der Waals surface area contributed by atoms with Crippen molar-refractivity contribution in [3.8, 4) is 0 Å². The summed E-state index contributed by atoms with van der Waals surface area (Å²) in [5, 5.41) is 0. The third-order valence-corrected chi connectivity index (χ3v) is 5.00. The molecule has 214 valence electrons. The van der Waals surface area contributed by atoms with E-state index in [4.69, 9.17) is 37.9 Å². The van der Waals surface area contributed by atoms with E-state index < -0.39 is 35.7 Å². The molecule has 1 aromatic heterocycles. The number of hydrogen-bond acceptors (Lipinski definition) is 13. The number of methoxy groups -OCH3 is 4. The van der Waals surface area contributed by atoms with E-state index in [1.807, 2.05) is 0 Å². The van der Waals surface area contributed by atoms with E-state index in [1.54, 1.807) is 6.07 Å². The van der Waals surface area contributed by atoms with Crippen LogP contribution in [0.15, 0.2) is 18.5 Å². The third kappa shape index (κ3) is 12.9. The second kappa shape index (κ2) is 19.9. The van der Waals surface area contributed by atoms with Gasteiger partial charge in [-0.25, -0.2) is 0 Å². The number of esters is 4. The molecule has 0 aliphatic heterocycles. The Morgan fingerprint density at radius 2 is 0.842 bits per heavy atom. The molecule has 0 spiro atoms. The Bertz CT molecular complexity index is 753. The highest BCUT2D eigenvalue weighted by Gasteiger charge is 2.32. The number of carbonyl (C=O) groups is 4. The first-order valence-corrected chi connectivity index (χ1v) is 11.9. The summed E-state index contributed by atoms with van der Waals surface area (Å²) in [6.45, 7) is 0.516. The molecule has 1 heterocycles. The molecule has 0 saturated carbocycles. The van der Waals surface area contributed by atoms with Gasteiger partial charge in [0.15, 0.2) is 11.8 Å². The van der Waals surface area contributed by atoms with Gasteiger partial charge in [0.1, 0.15) is 26.4 Å². The van der Waals surface area contributed by atoms with Gasteiger partial charge in [-0.05, 0) is 24.0 Å². The topological polar surface area (TPSA) is 155 Å². The van der Waals surface area contributed by atoms with Crippen molar-refractivity contribution in [2.24, 2.45) is 11.8 Å². The first kappa shape index (κ1) is 32.9. The highest BCUT2D eigenvalue weighted by molar-refractivity contribution is 5.96. The largest absolute Gasteiger partial charge is 0.463 e. The van der Waals surface area contributed by atoms with Gasteiger partial charge in [0.2, 0.25) is 0 Å². The minimum Gasteiger partial charge on any atom is -0.463 e. The minimum absolute atomic E-state index is 0.0342. The molecule has 0 aromatic carbocycles. The van der Waals surface area contributed by atoms with E-state index in [-0.39, 0.29) is 65.7 Å².